The van der Waals surface area contributed by atoms with Crippen molar-refractivity contribution in [3.05, 3.63) is 24.5 Å². The Balaban J connectivity index is 2.10. The van der Waals surface area contributed by atoms with Crippen LogP contribution in [-0.4, -0.2) is 24.3 Å². The molecule has 3 N–H and O–H groups in total. The van der Waals surface area contributed by atoms with Gasteiger partial charge in [-0.25, -0.2) is 4.98 Å². The highest BCUT2D eigenvalue weighted by Crippen LogP contribution is 2.03. The molecule has 2 amide bonds. The molecule has 1 aromatic heterocycles. The molecule has 0 saturated heterocycles. The summed E-state index contributed by atoms with van der Waals surface area (Å²) in [5.74, 6) is -1.74. The summed E-state index contributed by atoms with van der Waals surface area (Å²) < 4.78 is 0. The highest BCUT2D eigenvalue weighted by Gasteiger charge is 2.04. The molecule has 7 heteroatoms. The summed E-state index contributed by atoms with van der Waals surface area (Å²) in [4.78, 5) is 35.7. The molecule has 0 aromatic carbocycles. The predicted molar refractivity (Wildman–Crippen MR) is 68.1 cm³/mol. The van der Waals surface area contributed by atoms with Gasteiger partial charge >= 0.3 is 0 Å². The number of carbonyl (C=O) groups is 3. The van der Waals surface area contributed by atoms with Crippen molar-refractivity contribution in [2.75, 3.05) is 11.9 Å². The number of carboxylic acids is 1. The first-order chi connectivity index (χ1) is 9.58. The van der Waals surface area contributed by atoms with Crippen LogP contribution < -0.4 is 20.7 Å². The maximum atomic E-state index is 11.6. The Bertz CT molecular complexity index is 462. The van der Waals surface area contributed by atoms with E-state index >= 15 is 0 Å². The van der Waals surface area contributed by atoms with Crippen molar-refractivity contribution >= 4 is 23.5 Å². The van der Waals surface area contributed by atoms with Crippen LogP contribution in [0.3, 0.4) is 0 Å². The van der Waals surface area contributed by atoms with E-state index in [4.69, 9.17) is 0 Å². The Morgan fingerprint density at radius 3 is 2.40 bits per heavy atom. The number of amides is 2. The van der Waals surface area contributed by atoms with Crippen LogP contribution >= 0.6 is 0 Å². The number of H-pyrrole nitrogens is 1. The average Bonchev–Trinajstić information content (AvgIpc) is 2.42. The number of aromatic amines is 1. The highest BCUT2D eigenvalue weighted by atomic mass is 16.4. The molecule has 0 fully saturated rings. The number of anilines is 1. The topological polar surface area (TPSA) is 112 Å². The number of rotatable bonds is 8. The molecule has 108 valence electrons. The van der Waals surface area contributed by atoms with E-state index in [1.54, 1.807) is 24.5 Å². The van der Waals surface area contributed by atoms with E-state index in [0.717, 1.165) is 0 Å². The van der Waals surface area contributed by atoms with Gasteiger partial charge in [-0.15, -0.1) is 0 Å². The minimum absolute atomic E-state index is 0.102. The lowest BCUT2D eigenvalue weighted by Gasteiger charge is -2.06. The van der Waals surface area contributed by atoms with Crippen molar-refractivity contribution < 1.29 is 24.5 Å². The molecule has 1 heterocycles. The van der Waals surface area contributed by atoms with Crippen molar-refractivity contribution in [3.8, 4) is 0 Å². The van der Waals surface area contributed by atoms with Gasteiger partial charge < -0.3 is 20.5 Å². The maximum Gasteiger partial charge on any atom is 0.224 e. The molecule has 0 aliphatic carbocycles. The summed E-state index contributed by atoms with van der Waals surface area (Å²) in [5.41, 5.74) is 0.701. The van der Waals surface area contributed by atoms with Gasteiger partial charge in [0.15, 0.2) is 12.4 Å². The lowest BCUT2D eigenvalue weighted by molar-refractivity contribution is -0.377. The van der Waals surface area contributed by atoms with Gasteiger partial charge in [0.1, 0.15) is 0 Å². The zero-order chi connectivity index (χ0) is 14.8. The van der Waals surface area contributed by atoms with Crippen LogP contribution in [0.15, 0.2) is 24.5 Å². The van der Waals surface area contributed by atoms with Crippen LogP contribution in [0.25, 0.3) is 0 Å². The number of aliphatic carboxylic acids is 1. The van der Waals surface area contributed by atoms with Crippen LogP contribution in [0.1, 0.15) is 25.7 Å². The molecule has 0 atom stereocenters. The van der Waals surface area contributed by atoms with Crippen LogP contribution in [0.2, 0.25) is 0 Å². The van der Waals surface area contributed by atoms with Gasteiger partial charge in [0.2, 0.25) is 11.8 Å². The van der Waals surface area contributed by atoms with Crippen molar-refractivity contribution in [2.24, 2.45) is 0 Å². The predicted octanol–water partition coefficient (Wildman–Crippen LogP) is -1.13. The van der Waals surface area contributed by atoms with Crippen LogP contribution in [0.5, 0.6) is 0 Å². The molecule has 0 bridgehead atoms. The zero-order valence-corrected chi connectivity index (χ0v) is 11.0. The fourth-order valence-corrected chi connectivity index (χ4v) is 1.47. The van der Waals surface area contributed by atoms with E-state index < -0.39 is 5.97 Å². The molecule has 0 spiro atoms. The third-order valence-electron chi connectivity index (χ3n) is 2.46. The number of carboxylic acid groups (broad SMARTS) is 1. The number of hydrogen-bond acceptors (Lipinski definition) is 4. The number of carbonyl (C=O) groups excluding carboxylic acids is 3. The summed E-state index contributed by atoms with van der Waals surface area (Å²) in [6.45, 7) is 0.335. The smallest absolute Gasteiger partial charge is 0.224 e. The fourth-order valence-electron chi connectivity index (χ4n) is 1.47. The number of nitrogens with one attached hydrogen (secondary N) is 3. The molecule has 0 aliphatic heterocycles. The largest absolute Gasteiger partial charge is 0.550 e. The van der Waals surface area contributed by atoms with E-state index in [1.807, 2.05) is 0 Å². The number of aromatic nitrogens is 1. The first-order valence-corrected chi connectivity index (χ1v) is 6.30. The van der Waals surface area contributed by atoms with E-state index in [1.165, 1.54) is 0 Å². The average molecular weight is 279 g/mol. The van der Waals surface area contributed by atoms with Crippen LogP contribution in [0.4, 0.5) is 5.69 Å². The summed E-state index contributed by atoms with van der Waals surface area (Å²) in [6, 6.07) is 3.47. The molecule has 0 unspecified atom stereocenters. The highest BCUT2D eigenvalue weighted by molar-refractivity contribution is 5.90. The molecule has 1 rings (SSSR count). The van der Waals surface area contributed by atoms with Crippen LogP contribution in [0, 0.1) is 0 Å². The first kappa shape index (κ1) is 15.6. The molecule has 7 nitrogen and oxygen atoms in total. The van der Waals surface area contributed by atoms with E-state index in [0.29, 0.717) is 18.7 Å². The van der Waals surface area contributed by atoms with Gasteiger partial charge in [-0.3, -0.25) is 9.59 Å². The monoisotopic (exact) mass is 279 g/mol. The Morgan fingerprint density at radius 1 is 1.05 bits per heavy atom. The number of hydrogen-bond donors (Lipinski definition) is 2. The van der Waals surface area contributed by atoms with Gasteiger partial charge in [-0.1, -0.05) is 0 Å². The maximum absolute atomic E-state index is 11.6. The fraction of sp³-hybridized carbons (Fsp3) is 0.385. The van der Waals surface area contributed by atoms with Crippen LogP contribution in [-0.2, 0) is 14.4 Å². The zero-order valence-electron chi connectivity index (χ0n) is 11.0. The summed E-state index contributed by atoms with van der Waals surface area (Å²) in [5, 5.41) is 15.4. The second-order valence-electron chi connectivity index (χ2n) is 4.16. The molecule has 20 heavy (non-hydrogen) atoms. The summed E-state index contributed by atoms with van der Waals surface area (Å²) >= 11 is 0. The minimum Gasteiger partial charge on any atom is -0.550 e. The second kappa shape index (κ2) is 8.63. The standard InChI is InChI=1S/C13H17N3O4/c17-11(3-4-13(19)20)15-7-1-2-12(18)16-10-5-8-14-9-6-10/h5-6,8-9H,1-4,7H2,(H,15,17)(H,19,20)(H,14,16,18). The molecular weight excluding hydrogens is 262 g/mol. The van der Waals surface area contributed by atoms with Gasteiger partial charge in [0.05, 0.1) is 5.69 Å². The molecule has 0 aliphatic rings. The summed E-state index contributed by atoms with van der Waals surface area (Å²) in [7, 11) is 0. The van der Waals surface area contributed by atoms with Gasteiger partial charge in [-0.05, 0) is 12.8 Å². The second-order valence-corrected chi connectivity index (χ2v) is 4.16. The van der Waals surface area contributed by atoms with Crippen molar-refractivity contribution in [1.82, 2.24) is 5.32 Å². The Morgan fingerprint density at radius 2 is 1.75 bits per heavy atom. The lowest BCUT2D eigenvalue weighted by Crippen LogP contribution is -2.28. The van der Waals surface area contributed by atoms with E-state index in [-0.39, 0.29) is 31.1 Å². The SMILES string of the molecule is O=C([O-])CCC(=O)NCCCC(=O)Nc1cc[nH+]cc1. The van der Waals surface area contributed by atoms with Crippen molar-refractivity contribution in [3.63, 3.8) is 0 Å². The first-order valence-electron chi connectivity index (χ1n) is 6.30. The van der Waals surface area contributed by atoms with Gasteiger partial charge in [0.25, 0.3) is 0 Å². The Labute approximate surface area is 116 Å². The summed E-state index contributed by atoms with van der Waals surface area (Å²) in [6.07, 6.45) is 3.77. The Hall–Kier alpha value is -2.44. The quantitative estimate of drug-likeness (QED) is 0.586. The normalized spacial score (nSPS) is 9.80. The Kier molecular flexibility index (Phi) is 6.74. The molecule has 0 saturated carbocycles. The van der Waals surface area contributed by atoms with Crippen molar-refractivity contribution in [2.45, 2.75) is 25.7 Å². The minimum atomic E-state index is -1.25. The molecule has 1 aromatic rings. The van der Waals surface area contributed by atoms with E-state index in [9.17, 15) is 19.5 Å². The third-order valence-corrected chi connectivity index (χ3v) is 2.46. The van der Waals surface area contributed by atoms with Gasteiger partial charge in [0, 0.05) is 37.5 Å². The molecular formula is C13H17N3O4. The lowest BCUT2D eigenvalue weighted by atomic mass is 10.2. The third kappa shape index (κ3) is 7.10. The van der Waals surface area contributed by atoms with E-state index in [2.05, 4.69) is 15.6 Å². The number of pyridine rings is 1. The molecule has 0 radical (unpaired) electrons. The van der Waals surface area contributed by atoms with Crippen molar-refractivity contribution in [1.29, 1.82) is 0 Å². The van der Waals surface area contributed by atoms with Gasteiger partial charge in [-0.2, -0.15) is 0 Å².